The molecular formula is C18H15ClN4O4S2. The maximum Gasteiger partial charge on any atom is 0.257 e. The number of benzene rings is 2. The Bertz CT molecular complexity index is 1280. The first kappa shape index (κ1) is 19.9. The van der Waals surface area contributed by atoms with E-state index in [0.29, 0.717) is 38.8 Å². The van der Waals surface area contributed by atoms with Crippen LogP contribution in [0, 0.1) is 0 Å². The van der Waals surface area contributed by atoms with Crippen molar-refractivity contribution < 1.29 is 17.4 Å². The third-order valence-corrected chi connectivity index (χ3v) is 6.85. The molecule has 2 heterocycles. The summed E-state index contributed by atoms with van der Waals surface area (Å²) in [5, 5.41) is 4.92. The fourth-order valence-corrected chi connectivity index (χ4v) is 4.29. The van der Waals surface area contributed by atoms with Crippen LogP contribution in [0.2, 0.25) is 5.02 Å². The summed E-state index contributed by atoms with van der Waals surface area (Å²) < 4.78 is 36.6. The fourth-order valence-electron chi connectivity index (χ4n) is 2.50. The first-order valence-electron chi connectivity index (χ1n) is 8.37. The van der Waals surface area contributed by atoms with Crippen molar-refractivity contribution in [3.8, 4) is 11.4 Å². The van der Waals surface area contributed by atoms with Gasteiger partial charge in [0.15, 0.2) is 5.58 Å². The molecule has 0 bridgehead atoms. The summed E-state index contributed by atoms with van der Waals surface area (Å²) in [6.07, 6.45) is 0. The number of halogens is 1. The predicted octanol–water partition coefficient (Wildman–Crippen LogP) is 4.07. The first-order valence-corrected chi connectivity index (χ1v) is 11.2. The smallest absolute Gasteiger partial charge is 0.257 e. The molecule has 11 heteroatoms. The molecule has 4 rings (SSSR count). The molecule has 0 atom stereocenters. The van der Waals surface area contributed by atoms with E-state index >= 15 is 0 Å². The molecule has 0 radical (unpaired) electrons. The van der Waals surface area contributed by atoms with E-state index < -0.39 is 10.0 Å². The molecule has 0 aliphatic rings. The summed E-state index contributed by atoms with van der Waals surface area (Å²) in [5.74, 6) is 1.20. The highest BCUT2D eigenvalue weighted by atomic mass is 35.5. The van der Waals surface area contributed by atoms with Gasteiger partial charge >= 0.3 is 0 Å². The van der Waals surface area contributed by atoms with Gasteiger partial charge in [-0.3, -0.25) is 0 Å². The first-order chi connectivity index (χ1) is 13.8. The van der Waals surface area contributed by atoms with E-state index in [4.69, 9.17) is 20.5 Å². The van der Waals surface area contributed by atoms with Crippen molar-refractivity contribution in [3.63, 3.8) is 0 Å². The lowest BCUT2D eigenvalue weighted by atomic mass is 10.2. The van der Waals surface area contributed by atoms with Gasteiger partial charge in [-0.15, -0.1) is 0 Å². The molecule has 4 aromatic rings. The highest BCUT2D eigenvalue weighted by molar-refractivity contribution is 7.98. The standard InChI is InChI=1S/C18H15ClN4O4S2/c1-23(2)29(24,25)13-6-7-15-14(9-13)20-18(26-15)28-10-16-21-17(22-27-16)11-4-3-5-12(19)8-11/h3-9H,10H2,1-2H3. The second-order valence-corrected chi connectivity index (χ2v) is 9.72. The number of fused-ring (bicyclic) bond motifs is 1. The lowest BCUT2D eigenvalue weighted by molar-refractivity contribution is 0.391. The molecule has 0 amide bonds. The third-order valence-electron chi connectivity index (χ3n) is 3.99. The van der Waals surface area contributed by atoms with E-state index in [1.165, 1.54) is 38.0 Å². The molecule has 150 valence electrons. The summed E-state index contributed by atoms with van der Waals surface area (Å²) >= 11 is 7.26. The van der Waals surface area contributed by atoms with Gasteiger partial charge in [-0.2, -0.15) is 4.98 Å². The summed E-state index contributed by atoms with van der Waals surface area (Å²) in [6, 6.07) is 11.7. The van der Waals surface area contributed by atoms with Crippen LogP contribution in [-0.4, -0.2) is 41.9 Å². The minimum Gasteiger partial charge on any atom is -0.431 e. The van der Waals surface area contributed by atoms with Crippen LogP contribution in [0.15, 0.2) is 61.5 Å². The number of thioether (sulfide) groups is 1. The Balaban J connectivity index is 1.50. The van der Waals surface area contributed by atoms with Crippen LogP contribution >= 0.6 is 23.4 Å². The Kier molecular flexibility index (Phi) is 5.34. The lowest BCUT2D eigenvalue weighted by Gasteiger charge is -2.10. The molecule has 0 fully saturated rings. The van der Waals surface area contributed by atoms with E-state index in [1.807, 2.05) is 12.1 Å². The summed E-state index contributed by atoms with van der Waals surface area (Å²) in [4.78, 5) is 8.84. The zero-order valence-corrected chi connectivity index (χ0v) is 17.8. The zero-order valence-electron chi connectivity index (χ0n) is 15.4. The summed E-state index contributed by atoms with van der Waals surface area (Å²) in [6.45, 7) is 0. The van der Waals surface area contributed by atoms with Crippen molar-refractivity contribution in [1.82, 2.24) is 19.4 Å². The highest BCUT2D eigenvalue weighted by Crippen LogP contribution is 2.28. The topological polar surface area (TPSA) is 102 Å². The fraction of sp³-hybridized carbons (Fsp3) is 0.167. The Hall–Kier alpha value is -2.40. The maximum atomic E-state index is 12.3. The van der Waals surface area contributed by atoms with Gasteiger partial charge in [0.1, 0.15) is 5.52 Å². The maximum absolute atomic E-state index is 12.3. The lowest BCUT2D eigenvalue weighted by Crippen LogP contribution is -2.22. The Morgan fingerprint density at radius 2 is 1.97 bits per heavy atom. The van der Waals surface area contributed by atoms with Crippen LogP contribution in [0.25, 0.3) is 22.5 Å². The molecule has 2 aromatic heterocycles. The van der Waals surface area contributed by atoms with Crippen LogP contribution in [-0.2, 0) is 15.8 Å². The number of nitrogens with zero attached hydrogens (tertiary/aromatic N) is 4. The van der Waals surface area contributed by atoms with Gasteiger partial charge in [0, 0.05) is 24.7 Å². The van der Waals surface area contributed by atoms with Gasteiger partial charge < -0.3 is 8.94 Å². The molecule has 0 aliphatic heterocycles. The van der Waals surface area contributed by atoms with Crippen LogP contribution < -0.4 is 0 Å². The SMILES string of the molecule is CN(C)S(=O)(=O)c1ccc2oc(SCc3nc(-c4cccc(Cl)c4)no3)nc2c1. The van der Waals surface area contributed by atoms with Gasteiger partial charge in [0.25, 0.3) is 5.22 Å². The summed E-state index contributed by atoms with van der Waals surface area (Å²) in [7, 11) is -0.583. The Morgan fingerprint density at radius 1 is 1.14 bits per heavy atom. The minimum atomic E-state index is -3.54. The number of oxazole rings is 1. The van der Waals surface area contributed by atoms with E-state index in [1.54, 1.807) is 18.2 Å². The molecule has 8 nitrogen and oxygen atoms in total. The van der Waals surface area contributed by atoms with Crippen molar-refractivity contribution in [1.29, 1.82) is 0 Å². The number of aromatic nitrogens is 3. The molecule has 2 aromatic carbocycles. The second-order valence-electron chi connectivity index (χ2n) is 6.21. The van der Waals surface area contributed by atoms with Crippen molar-refractivity contribution in [2.45, 2.75) is 15.9 Å². The number of rotatable bonds is 6. The molecule has 0 aliphatic carbocycles. The average Bonchev–Trinajstić information content (AvgIpc) is 3.32. The second kappa shape index (κ2) is 7.79. The third kappa shape index (κ3) is 4.15. The van der Waals surface area contributed by atoms with E-state index in [-0.39, 0.29) is 4.90 Å². The number of hydrogen-bond acceptors (Lipinski definition) is 8. The van der Waals surface area contributed by atoms with Gasteiger partial charge in [0.05, 0.1) is 10.6 Å². The summed E-state index contributed by atoms with van der Waals surface area (Å²) in [5.41, 5.74) is 1.71. The zero-order chi connectivity index (χ0) is 20.6. The van der Waals surface area contributed by atoms with Crippen LogP contribution in [0.4, 0.5) is 0 Å². The van der Waals surface area contributed by atoms with Gasteiger partial charge in [-0.05, 0) is 30.3 Å². The Labute approximate surface area is 175 Å². The van der Waals surface area contributed by atoms with Gasteiger partial charge in [0.2, 0.25) is 21.7 Å². The minimum absolute atomic E-state index is 0.155. The highest BCUT2D eigenvalue weighted by Gasteiger charge is 2.19. The van der Waals surface area contributed by atoms with Gasteiger partial charge in [-0.25, -0.2) is 17.7 Å². The number of hydrogen-bond donors (Lipinski definition) is 0. The predicted molar refractivity (Wildman–Crippen MR) is 109 cm³/mol. The van der Waals surface area contributed by atoms with Gasteiger partial charge in [-0.1, -0.05) is 40.7 Å². The quantitative estimate of drug-likeness (QED) is 0.405. The molecule has 0 saturated carbocycles. The van der Waals surface area contributed by atoms with Crippen molar-refractivity contribution >= 4 is 44.5 Å². The van der Waals surface area contributed by atoms with Crippen molar-refractivity contribution in [2.75, 3.05) is 14.1 Å². The molecule has 0 spiro atoms. The van der Waals surface area contributed by atoms with Crippen LogP contribution in [0.3, 0.4) is 0 Å². The number of sulfonamides is 1. The van der Waals surface area contributed by atoms with Crippen molar-refractivity contribution in [3.05, 3.63) is 53.4 Å². The van der Waals surface area contributed by atoms with Crippen LogP contribution in [0.1, 0.15) is 5.89 Å². The molecular weight excluding hydrogens is 436 g/mol. The molecule has 0 saturated heterocycles. The van der Waals surface area contributed by atoms with E-state index in [9.17, 15) is 8.42 Å². The Morgan fingerprint density at radius 3 is 2.72 bits per heavy atom. The van der Waals surface area contributed by atoms with E-state index in [2.05, 4.69) is 15.1 Å². The normalized spacial score (nSPS) is 12.1. The largest absolute Gasteiger partial charge is 0.431 e. The van der Waals surface area contributed by atoms with Crippen molar-refractivity contribution in [2.24, 2.45) is 0 Å². The van der Waals surface area contributed by atoms with Crippen LogP contribution in [0.5, 0.6) is 0 Å². The van der Waals surface area contributed by atoms with E-state index in [0.717, 1.165) is 9.87 Å². The molecule has 29 heavy (non-hydrogen) atoms. The molecule has 0 unspecified atom stereocenters. The average molecular weight is 451 g/mol. The molecule has 0 N–H and O–H groups in total. The monoisotopic (exact) mass is 450 g/mol.